The van der Waals surface area contributed by atoms with E-state index >= 15 is 0 Å². The number of aliphatic imine (C=N–C) groups is 1. The van der Waals surface area contributed by atoms with Crippen molar-refractivity contribution in [1.82, 2.24) is 15.5 Å². The predicted molar refractivity (Wildman–Crippen MR) is 85.3 cm³/mol. The van der Waals surface area contributed by atoms with E-state index in [2.05, 4.69) is 43.2 Å². The molecule has 0 radical (unpaired) electrons. The summed E-state index contributed by atoms with van der Waals surface area (Å²) in [4.78, 5) is 7.17. The molecular weight excluding hydrogens is 252 g/mol. The highest BCUT2D eigenvalue weighted by molar-refractivity contribution is 5.80. The summed E-state index contributed by atoms with van der Waals surface area (Å²) in [5.41, 5.74) is 0. The molecule has 118 valence electrons. The van der Waals surface area contributed by atoms with Crippen molar-refractivity contribution in [2.75, 3.05) is 45.9 Å². The Hall–Kier alpha value is -0.810. The van der Waals surface area contributed by atoms with Crippen LogP contribution in [0, 0.1) is 5.92 Å². The lowest BCUT2D eigenvalue weighted by atomic mass is 10.1. The van der Waals surface area contributed by atoms with Crippen LogP contribution in [0.2, 0.25) is 0 Å². The Bertz CT molecular complexity index is 277. The van der Waals surface area contributed by atoms with Gasteiger partial charge in [-0.3, -0.25) is 9.89 Å². The van der Waals surface area contributed by atoms with Gasteiger partial charge >= 0.3 is 0 Å². The van der Waals surface area contributed by atoms with Gasteiger partial charge in [0.2, 0.25) is 0 Å². The Morgan fingerprint density at radius 1 is 1.25 bits per heavy atom. The van der Waals surface area contributed by atoms with Gasteiger partial charge in [0.25, 0.3) is 0 Å². The fourth-order valence-electron chi connectivity index (χ4n) is 2.18. The highest BCUT2D eigenvalue weighted by atomic mass is 16.5. The van der Waals surface area contributed by atoms with Crippen LogP contribution < -0.4 is 10.6 Å². The molecule has 0 spiro atoms. The van der Waals surface area contributed by atoms with Crippen LogP contribution in [-0.4, -0.2) is 62.8 Å². The lowest BCUT2D eigenvalue weighted by Gasteiger charge is -2.28. The summed E-state index contributed by atoms with van der Waals surface area (Å²) >= 11 is 0. The molecule has 1 saturated heterocycles. The summed E-state index contributed by atoms with van der Waals surface area (Å²) in [7, 11) is 0. The SMILES string of the molecule is CCNC(=NCC(C)CN1CCOCC1)NC(C)CC. The Kier molecular flexibility index (Phi) is 8.62. The van der Waals surface area contributed by atoms with Crippen LogP contribution in [0.1, 0.15) is 34.1 Å². The second-order valence-corrected chi connectivity index (χ2v) is 5.69. The maximum Gasteiger partial charge on any atom is 0.191 e. The Morgan fingerprint density at radius 3 is 2.55 bits per heavy atom. The van der Waals surface area contributed by atoms with E-state index in [9.17, 15) is 0 Å². The Morgan fingerprint density at radius 2 is 1.95 bits per heavy atom. The lowest BCUT2D eigenvalue weighted by Crippen LogP contribution is -2.43. The summed E-state index contributed by atoms with van der Waals surface area (Å²) < 4.78 is 5.38. The van der Waals surface area contributed by atoms with Gasteiger partial charge in [0.1, 0.15) is 0 Å². The van der Waals surface area contributed by atoms with Gasteiger partial charge in [-0.25, -0.2) is 0 Å². The number of morpholine rings is 1. The molecule has 1 fully saturated rings. The largest absolute Gasteiger partial charge is 0.379 e. The highest BCUT2D eigenvalue weighted by Crippen LogP contribution is 2.04. The number of hydrogen-bond acceptors (Lipinski definition) is 3. The third-order valence-corrected chi connectivity index (χ3v) is 3.57. The normalized spacial score (nSPS) is 20.5. The molecule has 2 unspecified atom stereocenters. The van der Waals surface area contributed by atoms with Crippen LogP contribution in [0.3, 0.4) is 0 Å². The minimum Gasteiger partial charge on any atom is -0.379 e. The first-order valence-corrected chi connectivity index (χ1v) is 8.00. The van der Waals surface area contributed by atoms with Crippen LogP contribution in [0.25, 0.3) is 0 Å². The van der Waals surface area contributed by atoms with Gasteiger partial charge in [0.15, 0.2) is 5.96 Å². The van der Waals surface area contributed by atoms with Crippen LogP contribution >= 0.6 is 0 Å². The molecule has 20 heavy (non-hydrogen) atoms. The molecule has 0 aliphatic carbocycles. The summed E-state index contributed by atoms with van der Waals surface area (Å²) in [6.45, 7) is 15.5. The zero-order valence-corrected chi connectivity index (χ0v) is 13.6. The summed E-state index contributed by atoms with van der Waals surface area (Å²) in [6, 6.07) is 0.461. The zero-order chi connectivity index (χ0) is 14.8. The van der Waals surface area contributed by atoms with Crippen molar-refractivity contribution in [3.63, 3.8) is 0 Å². The molecule has 2 N–H and O–H groups in total. The number of hydrogen-bond donors (Lipinski definition) is 2. The van der Waals surface area contributed by atoms with E-state index in [4.69, 9.17) is 9.73 Å². The smallest absolute Gasteiger partial charge is 0.191 e. The molecule has 0 aromatic heterocycles. The molecule has 1 aliphatic heterocycles. The van der Waals surface area contributed by atoms with Gasteiger partial charge in [-0.2, -0.15) is 0 Å². The molecule has 5 heteroatoms. The monoisotopic (exact) mass is 284 g/mol. The topological polar surface area (TPSA) is 48.9 Å². The maximum atomic E-state index is 5.38. The second-order valence-electron chi connectivity index (χ2n) is 5.69. The van der Waals surface area contributed by atoms with Crippen LogP contribution in [-0.2, 0) is 4.74 Å². The van der Waals surface area contributed by atoms with Gasteiger partial charge in [0.05, 0.1) is 13.2 Å². The van der Waals surface area contributed by atoms with Crippen LogP contribution in [0.4, 0.5) is 0 Å². The number of ether oxygens (including phenoxy) is 1. The summed E-state index contributed by atoms with van der Waals surface area (Å²) in [5, 5.41) is 6.74. The Labute approximate surface area is 124 Å². The van der Waals surface area contributed by atoms with E-state index in [0.29, 0.717) is 12.0 Å². The van der Waals surface area contributed by atoms with Gasteiger partial charge in [0, 0.05) is 38.8 Å². The fraction of sp³-hybridized carbons (Fsp3) is 0.933. The minimum absolute atomic E-state index is 0.461. The average molecular weight is 284 g/mol. The van der Waals surface area contributed by atoms with Gasteiger partial charge < -0.3 is 15.4 Å². The Balaban J connectivity index is 2.35. The first-order valence-electron chi connectivity index (χ1n) is 8.00. The van der Waals surface area contributed by atoms with Crippen LogP contribution in [0.15, 0.2) is 4.99 Å². The number of rotatable bonds is 7. The first kappa shape index (κ1) is 17.2. The molecule has 1 rings (SSSR count). The first-order chi connectivity index (χ1) is 9.65. The van der Waals surface area contributed by atoms with E-state index in [1.54, 1.807) is 0 Å². The van der Waals surface area contributed by atoms with Crippen molar-refractivity contribution in [1.29, 1.82) is 0 Å². The lowest BCUT2D eigenvalue weighted by molar-refractivity contribution is 0.0323. The third kappa shape index (κ3) is 7.10. The average Bonchev–Trinajstić information content (AvgIpc) is 2.46. The summed E-state index contributed by atoms with van der Waals surface area (Å²) in [5.74, 6) is 1.51. The quantitative estimate of drug-likeness (QED) is 0.547. The molecule has 1 aliphatic rings. The molecule has 0 aromatic rings. The molecule has 0 bridgehead atoms. The molecule has 0 saturated carbocycles. The third-order valence-electron chi connectivity index (χ3n) is 3.57. The van der Waals surface area contributed by atoms with Gasteiger partial charge in [-0.15, -0.1) is 0 Å². The minimum atomic E-state index is 0.461. The predicted octanol–water partition coefficient (Wildman–Crippen LogP) is 1.31. The standard InChI is InChI=1S/C15H32N4O/c1-5-14(4)18-15(16-6-2)17-11-13(3)12-19-7-9-20-10-8-19/h13-14H,5-12H2,1-4H3,(H2,16,17,18). The number of nitrogens with one attached hydrogen (secondary N) is 2. The second kappa shape index (κ2) is 10.00. The molecule has 1 heterocycles. The zero-order valence-electron chi connectivity index (χ0n) is 13.6. The highest BCUT2D eigenvalue weighted by Gasteiger charge is 2.13. The summed E-state index contributed by atoms with van der Waals surface area (Å²) in [6.07, 6.45) is 1.10. The van der Waals surface area contributed by atoms with Gasteiger partial charge in [-0.05, 0) is 26.2 Å². The molecule has 2 atom stereocenters. The molecule has 5 nitrogen and oxygen atoms in total. The van der Waals surface area contributed by atoms with E-state index < -0.39 is 0 Å². The van der Waals surface area contributed by atoms with Crippen molar-refractivity contribution >= 4 is 5.96 Å². The number of nitrogens with zero attached hydrogens (tertiary/aromatic N) is 2. The van der Waals surface area contributed by atoms with Crippen LogP contribution in [0.5, 0.6) is 0 Å². The van der Waals surface area contributed by atoms with Crippen molar-refractivity contribution < 1.29 is 4.74 Å². The maximum absolute atomic E-state index is 5.38. The fourth-order valence-corrected chi connectivity index (χ4v) is 2.18. The van der Waals surface area contributed by atoms with E-state index in [0.717, 1.165) is 58.3 Å². The van der Waals surface area contributed by atoms with Crippen molar-refractivity contribution in [3.05, 3.63) is 0 Å². The molecular formula is C15H32N4O. The van der Waals surface area contributed by atoms with E-state index in [1.807, 2.05) is 0 Å². The van der Waals surface area contributed by atoms with Crippen molar-refractivity contribution in [3.8, 4) is 0 Å². The van der Waals surface area contributed by atoms with E-state index in [1.165, 1.54) is 0 Å². The van der Waals surface area contributed by atoms with E-state index in [-0.39, 0.29) is 0 Å². The molecule has 0 aromatic carbocycles. The van der Waals surface area contributed by atoms with Gasteiger partial charge in [-0.1, -0.05) is 13.8 Å². The molecule has 0 amide bonds. The van der Waals surface area contributed by atoms with Crippen molar-refractivity contribution in [2.45, 2.75) is 40.2 Å². The van der Waals surface area contributed by atoms with Crippen molar-refractivity contribution in [2.24, 2.45) is 10.9 Å². The number of guanidine groups is 1.